The minimum absolute atomic E-state index is 0.657. The number of nitrogens with zero attached hydrogens (tertiary/aromatic N) is 1. The maximum atomic E-state index is 5.56. The smallest absolute Gasteiger partial charge is 0.123 e. The molecule has 2 N–H and O–H groups in total. The molecule has 0 amide bonds. The van der Waals surface area contributed by atoms with Crippen molar-refractivity contribution in [2.45, 2.75) is 13.3 Å². The Hall–Kier alpha value is -0.710. The lowest BCUT2D eigenvalue weighted by molar-refractivity contribution is 0.927. The molecule has 16 heavy (non-hydrogen) atoms. The van der Waals surface area contributed by atoms with Crippen LogP contribution in [0.1, 0.15) is 10.6 Å². The summed E-state index contributed by atoms with van der Waals surface area (Å²) in [6.45, 7) is 2.76. The first-order valence-electron chi connectivity index (χ1n) is 5.13. The quantitative estimate of drug-likeness (QED) is 0.943. The van der Waals surface area contributed by atoms with E-state index in [0.29, 0.717) is 6.54 Å². The molecule has 0 aliphatic heterocycles. The highest BCUT2D eigenvalue weighted by Gasteiger charge is 2.08. The van der Waals surface area contributed by atoms with Crippen molar-refractivity contribution in [3.63, 3.8) is 0 Å². The Kier molecular flexibility index (Phi) is 3.74. The predicted molar refractivity (Wildman–Crippen MR) is 72.7 cm³/mol. The van der Waals surface area contributed by atoms with Crippen molar-refractivity contribution in [3.8, 4) is 10.6 Å². The van der Waals surface area contributed by atoms with E-state index in [1.54, 1.807) is 11.3 Å². The van der Waals surface area contributed by atoms with Gasteiger partial charge in [-0.2, -0.15) is 0 Å². The van der Waals surface area contributed by atoms with Crippen molar-refractivity contribution >= 4 is 27.3 Å². The normalized spacial score (nSPS) is 10.7. The van der Waals surface area contributed by atoms with Crippen LogP contribution in [0.4, 0.5) is 0 Å². The number of nitrogens with two attached hydrogens (primary N) is 1. The van der Waals surface area contributed by atoms with Crippen molar-refractivity contribution in [1.82, 2.24) is 4.98 Å². The van der Waals surface area contributed by atoms with Crippen LogP contribution in [0.2, 0.25) is 0 Å². The Labute approximate surface area is 108 Å². The van der Waals surface area contributed by atoms with Gasteiger partial charge in [0.05, 0.1) is 5.69 Å². The number of hydrogen-bond acceptors (Lipinski definition) is 3. The summed E-state index contributed by atoms with van der Waals surface area (Å²) in [5, 5.41) is 1.08. The van der Waals surface area contributed by atoms with Gasteiger partial charge >= 0.3 is 0 Å². The first-order valence-corrected chi connectivity index (χ1v) is 6.74. The third kappa shape index (κ3) is 2.51. The van der Waals surface area contributed by atoms with E-state index in [4.69, 9.17) is 5.73 Å². The summed E-state index contributed by atoms with van der Waals surface area (Å²) in [5.74, 6) is 0. The number of benzene rings is 1. The van der Waals surface area contributed by atoms with E-state index in [1.165, 1.54) is 10.4 Å². The monoisotopic (exact) mass is 296 g/mol. The molecule has 0 spiro atoms. The van der Waals surface area contributed by atoms with Gasteiger partial charge in [0.15, 0.2) is 0 Å². The van der Waals surface area contributed by atoms with Crippen LogP contribution in [0, 0.1) is 6.92 Å². The van der Waals surface area contributed by atoms with E-state index in [-0.39, 0.29) is 0 Å². The first-order chi connectivity index (χ1) is 7.70. The van der Waals surface area contributed by atoms with Crippen LogP contribution in [-0.4, -0.2) is 11.5 Å². The molecule has 0 atom stereocenters. The van der Waals surface area contributed by atoms with E-state index in [9.17, 15) is 0 Å². The molecule has 2 rings (SSSR count). The fourth-order valence-electron chi connectivity index (χ4n) is 1.51. The van der Waals surface area contributed by atoms with Gasteiger partial charge < -0.3 is 5.73 Å². The van der Waals surface area contributed by atoms with E-state index in [0.717, 1.165) is 21.6 Å². The van der Waals surface area contributed by atoms with Gasteiger partial charge in [-0.1, -0.05) is 28.1 Å². The minimum Gasteiger partial charge on any atom is -0.330 e. The van der Waals surface area contributed by atoms with Crippen LogP contribution in [-0.2, 0) is 6.42 Å². The van der Waals surface area contributed by atoms with Crippen LogP contribution in [0.3, 0.4) is 0 Å². The zero-order chi connectivity index (χ0) is 11.5. The summed E-state index contributed by atoms with van der Waals surface area (Å²) in [7, 11) is 0. The molecule has 0 aliphatic carbocycles. The zero-order valence-electron chi connectivity index (χ0n) is 9.03. The molecular weight excluding hydrogens is 284 g/mol. The van der Waals surface area contributed by atoms with Gasteiger partial charge in [0, 0.05) is 21.3 Å². The third-order valence-corrected chi connectivity index (χ3v) is 3.96. The number of aromatic nitrogens is 1. The largest absolute Gasteiger partial charge is 0.330 e. The van der Waals surface area contributed by atoms with Crippen LogP contribution >= 0.6 is 27.3 Å². The first kappa shape index (κ1) is 11.8. The second kappa shape index (κ2) is 5.08. The summed E-state index contributed by atoms with van der Waals surface area (Å²) < 4.78 is 1.09. The topological polar surface area (TPSA) is 38.9 Å². The number of hydrogen-bond donors (Lipinski definition) is 1. The molecule has 2 nitrogen and oxygen atoms in total. The van der Waals surface area contributed by atoms with Crippen LogP contribution < -0.4 is 5.73 Å². The van der Waals surface area contributed by atoms with Gasteiger partial charge in [0.2, 0.25) is 0 Å². The Morgan fingerprint density at radius 2 is 2.00 bits per heavy atom. The highest BCUT2D eigenvalue weighted by molar-refractivity contribution is 9.10. The average molecular weight is 297 g/mol. The molecule has 1 aromatic heterocycles. The summed E-state index contributed by atoms with van der Waals surface area (Å²) in [6, 6.07) is 8.23. The Balaban J connectivity index is 2.33. The van der Waals surface area contributed by atoms with Gasteiger partial charge in [0.1, 0.15) is 5.01 Å². The molecule has 0 unspecified atom stereocenters. The third-order valence-electron chi connectivity index (χ3n) is 2.36. The van der Waals surface area contributed by atoms with Gasteiger partial charge in [-0.05, 0) is 25.6 Å². The summed E-state index contributed by atoms with van der Waals surface area (Å²) >= 11 is 5.16. The maximum Gasteiger partial charge on any atom is 0.123 e. The van der Waals surface area contributed by atoms with Gasteiger partial charge in [-0.3, -0.25) is 0 Å². The molecular formula is C12H13BrN2S. The molecule has 4 heteroatoms. The number of aryl methyl sites for hydroxylation is 1. The lowest BCUT2D eigenvalue weighted by Crippen LogP contribution is -2.03. The van der Waals surface area contributed by atoms with Crippen molar-refractivity contribution in [2.24, 2.45) is 5.73 Å². The summed E-state index contributed by atoms with van der Waals surface area (Å²) in [5.41, 5.74) is 7.85. The fraction of sp³-hybridized carbons (Fsp3) is 0.250. The standard InChI is InChI=1S/C12H13BrN2S/c1-8-11(6-7-14)15-12(16-8)9-2-4-10(13)5-3-9/h2-5H,6-7,14H2,1H3. The number of halogens is 1. The Bertz CT molecular complexity index is 476. The zero-order valence-corrected chi connectivity index (χ0v) is 11.4. The molecule has 1 heterocycles. The van der Waals surface area contributed by atoms with E-state index in [1.807, 2.05) is 12.1 Å². The molecule has 0 saturated carbocycles. The van der Waals surface area contributed by atoms with Gasteiger partial charge in [-0.25, -0.2) is 4.98 Å². The van der Waals surface area contributed by atoms with Crippen molar-refractivity contribution in [2.75, 3.05) is 6.54 Å². The molecule has 0 aliphatic rings. The number of rotatable bonds is 3. The molecule has 1 aromatic carbocycles. The van der Waals surface area contributed by atoms with E-state index in [2.05, 4.69) is 40.0 Å². The average Bonchev–Trinajstić information content (AvgIpc) is 2.62. The maximum absolute atomic E-state index is 5.56. The SMILES string of the molecule is Cc1sc(-c2ccc(Br)cc2)nc1CCN. The van der Waals surface area contributed by atoms with Crippen molar-refractivity contribution in [3.05, 3.63) is 39.3 Å². The van der Waals surface area contributed by atoms with E-state index < -0.39 is 0 Å². The van der Waals surface area contributed by atoms with Crippen LogP contribution in [0.25, 0.3) is 10.6 Å². The second-order valence-corrected chi connectivity index (χ2v) is 5.69. The molecule has 0 bridgehead atoms. The Morgan fingerprint density at radius 3 is 2.62 bits per heavy atom. The van der Waals surface area contributed by atoms with Gasteiger partial charge in [-0.15, -0.1) is 11.3 Å². The summed E-state index contributed by atoms with van der Waals surface area (Å²) in [4.78, 5) is 5.89. The van der Waals surface area contributed by atoms with Crippen molar-refractivity contribution < 1.29 is 0 Å². The molecule has 0 saturated heterocycles. The molecule has 0 radical (unpaired) electrons. The lowest BCUT2D eigenvalue weighted by Gasteiger charge is -1.95. The fourth-order valence-corrected chi connectivity index (χ4v) is 2.74. The molecule has 2 aromatic rings. The van der Waals surface area contributed by atoms with E-state index >= 15 is 0 Å². The Morgan fingerprint density at radius 1 is 1.31 bits per heavy atom. The summed E-state index contributed by atoms with van der Waals surface area (Å²) in [6.07, 6.45) is 0.860. The molecule has 84 valence electrons. The highest BCUT2D eigenvalue weighted by Crippen LogP contribution is 2.28. The molecule has 0 fully saturated rings. The predicted octanol–water partition coefficient (Wildman–Crippen LogP) is 3.38. The van der Waals surface area contributed by atoms with Crippen molar-refractivity contribution in [1.29, 1.82) is 0 Å². The van der Waals surface area contributed by atoms with Crippen LogP contribution in [0.15, 0.2) is 28.7 Å². The minimum atomic E-state index is 0.657. The lowest BCUT2D eigenvalue weighted by atomic mass is 10.2. The number of thiazole rings is 1. The highest BCUT2D eigenvalue weighted by atomic mass is 79.9. The second-order valence-electron chi connectivity index (χ2n) is 3.57. The van der Waals surface area contributed by atoms with Gasteiger partial charge in [0.25, 0.3) is 0 Å². The van der Waals surface area contributed by atoms with Crippen LogP contribution in [0.5, 0.6) is 0 Å².